The average molecular weight is 337 g/mol. The fourth-order valence-corrected chi connectivity index (χ4v) is 3.56. The smallest absolute Gasteiger partial charge is 0.317 e. The van der Waals surface area contributed by atoms with E-state index in [1.54, 1.807) is 6.20 Å². The number of nitrogens with zero attached hydrogens (tertiary/aromatic N) is 3. The molecule has 6 heteroatoms. The van der Waals surface area contributed by atoms with Crippen LogP contribution >= 0.6 is 0 Å². The van der Waals surface area contributed by atoms with Crippen LogP contribution in [-0.2, 0) is 19.5 Å². The molecule has 0 saturated heterocycles. The maximum absolute atomic E-state index is 12.4. The van der Waals surface area contributed by atoms with Gasteiger partial charge < -0.3 is 19.8 Å². The van der Waals surface area contributed by atoms with Crippen LogP contribution in [0, 0.1) is 6.92 Å². The zero-order valence-electron chi connectivity index (χ0n) is 14.5. The molecule has 4 rings (SSSR count). The number of hydrogen-bond acceptors (Lipinski definition) is 2. The van der Waals surface area contributed by atoms with Crippen molar-refractivity contribution >= 4 is 16.9 Å². The number of carbonyl (C=O) groups excluding carboxylic acids is 1. The number of H-pyrrole nitrogens is 1. The predicted octanol–water partition coefficient (Wildman–Crippen LogP) is 2.83. The van der Waals surface area contributed by atoms with Gasteiger partial charge in [0.2, 0.25) is 0 Å². The highest BCUT2D eigenvalue weighted by atomic mass is 16.2. The van der Waals surface area contributed by atoms with Crippen molar-refractivity contribution in [2.75, 3.05) is 13.1 Å². The lowest BCUT2D eigenvalue weighted by atomic mass is 10.0. The zero-order chi connectivity index (χ0) is 17.2. The number of urea groups is 1. The molecule has 0 fully saturated rings. The molecule has 0 aliphatic carbocycles. The summed E-state index contributed by atoms with van der Waals surface area (Å²) in [6.45, 7) is 4.95. The molecule has 0 spiro atoms. The SMILES string of the molecule is Cc1nccn1CCCNC(=O)N1CCc2c([nH]c3ccccc23)C1. The predicted molar refractivity (Wildman–Crippen MR) is 97.4 cm³/mol. The van der Waals surface area contributed by atoms with Gasteiger partial charge in [0.25, 0.3) is 0 Å². The summed E-state index contributed by atoms with van der Waals surface area (Å²) in [5.41, 5.74) is 3.68. The monoisotopic (exact) mass is 337 g/mol. The van der Waals surface area contributed by atoms with E-state index in [-0.39, 0.29) is 6.03 Å². The van der Waals surface area contributed by atoms with E-state index in [0.717, 1.165) is 43.0 Å². The number of aryl methyl sites for hydroxylation is 2. The van der Waals surface area contributed by atoms with Gasteiger partial charge in [0.1, 0.15) is 5.82 Å². The lowest BCUT2D eigenvalue weighted by molar-refractivity contribution is 0.191. The Labute approximate surface area is 146 Å². The van der Waals surface area contributed by atoms with Crippen LogP contribution in [0.1, 0.15) is 23.5 Å². The van der Waals surface area contributed by atoms with Crippen molar-refractivity contribution in [1.82, 2.24) is 24.8 Å². The van der Waals surface area contributed by atoms with E-state index < -0.39 is 0 Å². The van der Waals surface area contributed by atoms with Crippen molar-refractivity contribution in [3.05, 3.63) is 53.7 Å². The maximum atomic E-state index is 12.4. The van der Waals surface area contributed by atoms with Gasteiger partial charge in [-0.1, -0.05) is 18.2 Å². The highest BCUT2D eigenvalue weighted by molar-refractivity contribution is 5.85. The van der Waals surface area contributed by atoms with E-state index in [4.69, 9.17) is 0 Å². The van der Waals surface area contributed by atoms with E-state index in [0.29, 0.717) is 13.1 Å². The molecular formula is C19H23N5O. The number of aromatic amines is 1. The van der Waals surface area contributed by atoms with E-state index >= 15 is 0 Å². The van der Waals surface area contributed by atoms with Crippen molar-refractivity contribution in [3.63, 3.8) is 0 Å². The number of carbonyl (C=O) groups is 1. The number of imidazole rings is 1. The normalized spacial score (nSPS) is 13.9. The number of nitrogens with one attached hydrogen (secondary N) is 2. The fraction of sp³-hybridized carbons (Fsp3) is 0.368. The first-order valence-corrected chi connectivity index (χ1v) is 8.81. The molecule has 1 aromatic carbocycles. The molecule has 2 amide bonds. The number of rotatable bonds is 4. The third kappa shape index (κ3) is 3.12. The summed E-state index contributed by atoms with van der Waals surface area (Å²) >= 11 is 0. The van der Waals surface area contributed by atoms with Gasteiger partial charge in [0.05, 0.1) is 6.54 Å². The standard InChI is InChI=1S/C19H23N5O/c1-14-20-9-12-23(14)10-4-8-21-19(25)24-11-7-16-15-5-2-3-6-17(15)22-18(16)13-24/h2-3,5-6,9,12,22H,4,7-8,10-11,13H2,1H3,(H,21,25). The van der Waals surface area contributed by atoms with Crippen LogP contribution in [0.5, 0.6) is 0 Å². The Hall–Kier alpha value is -2.76. The van der Waals surface area contributed by atoms with E-state index in [2.05, 4.69) is 38.1 Å². The summed E-state index contributed by atoms with van der Waals surface area (Å²) in [6.07, 6.45) is 5.58. The second-order valence-electron chi connectivity index (χ2n) is 6.55. The summed E-state index contributed by atoms with van der Waals surface area (Å²) in [7, 11) is 0. The van der Waals surface area contributed by atoms with E-state index in [1.807, 2.05) is 24.1 Å². The Morgan fingerprint density at radius 3 is 3.08 bits per heavy atom. The molecule has 0 radical (unpaired) electrons. The minimum atomic E-state index is 0.0201. The number of aromatic nitrogens is 3. The van der Waals surface area contributed by atoms with Crippen LogP contribution < -0.4 is 5.32 Å². The van der Waals surface area contributed by atoms with Gasteiger partial charge in [0.15, 0.2) is 0 Å². The minimum absolute atomic E-state index is 0.0201. The van der Waals surface area contributed by atoms with Crippen molar-refractivity contribution in [1.29, 1.82) is 0 Å². The molecule has 0 saturated carbocycles. The summed E-state index contributed by atoms with van der Waals surface area (Å²) in [5, 5.41) is 4.32. The first-order chi connectivity index (χ1) is 12.2. The minimum Gasteiger partial charge on any atom is -0.357 e. The van der Waals surface area contributed by atoms with E-state index in [9.17, 15) is 4.79 Å². The average Bonchev–Trinajstić information content (AvgIpc) is 3.21. The molecule has 3 aromatic rings. The third-order valence-corrected chi connectivity index (χ3v) is 4.95. The number of amides is 2. The number of fused-ring (bicyclic) bond motifs is 3. The Kier molecular flexibility index (Phi) is 4.17. The summed E-state index contributed by atoms with van der Waals surface area (Å²) in [6, 6.07) is 8.37. The van der Waals surface area contributed by atoms with Gasteiger partial charge in [-0.25, -0.2) is 9.78 Å². The lowest BCUT2D eigenvalue weighted by Crippen LogP contribution is -2.43. The number of hydrogen-bond donors (Lipinski definition) is 2. The Morgan fingerprint density at radius 2 is 2.24 bits per heavy atom. The van der Waals surface area contributed by atoms with Gasteiger partial charge in [-0.3, -0.25) is 0 Å². The molecule has 0 unspecified atom stereocenters. The molecule has 1 aliphatic rings. The van der Waals surface area contributed by atoms with Crippen LogP contribution in [-0.4, -0.2) is 38.6 Å². The number of benzene rings is 1. The summed E-state index contributed by atoms with van der Waals surface area (Å²) < 4.78 is 2.10. The molecule has 130 valence electrons. The largest absolute Gasteiger partial charge is 0.357 e. The quantitative estimate of drug-likeness (QED) is 0.719. The Bertz CT molecular complexity index is 894. The molecule has 3 heterocycles. The second kappa shape index (κ2) is 6.63. The zero-order valence-corrected chi connectivity index (χ0v) is 14.5. The molecule has 25 heavy (non-hydrogen) atoms. The summed E-state index contributed by atoms with van der Waals surface area (Å²) in [5.74, 6) is 1.01. The first kappa shape index (κ1) is 15.7. The third-order valence-electron chi connectivity index (χ3n) is 4.95. The van der Waals surface area contributed by atoms with Crippen LogP contribution in [0.3, 0.4) is 0 Å². The maximum Gasteiger partial charge on any atom is 0.317 e. The van der Waals surface area contributed by atoms with Gasteiger partial charge >= 0.3 is 6.03 Å². The van der Waals surface area contributed by atoms with Crippen molar-refractivity contribution in [2.24, 2.45) is 0 Å². The van der Waals surface area contributed by atoms with Crippen molar-refractivity contribution < 1.29 is 4.79 Å². The van der Waals surface area contributed by atoms with E-state index in [1.165, 1.54) is 10.9 Å². The van der Waals surface area contributed by atoms with Crippen LogP contribution in [0.15, 0.2) is 36.7 Å². The molecule has 6 nitrogen and oxygen atoms in total. The topological polar surface area (TPSA) is 66.0 Å². The van der Waals surface area contributed by atoms with Crippen LogP contribution in [0.2, 0.25) is 0 Å². The molecule has 0 bridgehead atoms. The first-order valence-electron chi connectivity index (χ1n) is 8.81. The fourth-order valence-electron chi connectivity index (χ4n) is 3.56. The molecule has 1 aliphatic heterocycles. The second-order valence-corrected chi connectivity index (χ2v) is 6.55. The Morgan fingerprint density at radius 1 is 1.36 bits per heavy atom. The van der Waals surface area contributed by atoms with Gasteiger partial charge in [0, 0.05) is 48.6 Å². The van der Waals surface area contributed by atoms with Gasteiger partial charge in [-0.2, -0.15) is 0 Å². The van der Waals surface area contributed by atoms with Crippen LogP contribution in [0.4, 0.5) is 4.79 Å². The lowest BCUT2D eigenvalue weighted by Gasteiger charge is -2.27. The molecular weight excluding hydrogens is 314 g/mol. The Balaban J connectivity index is 1.32. The highest BCUT2D eigenvalue weighted by Crippen LogP contribution is 2.27. The molecule has 0 atom stereocenters. The molecule has 2 aromatic heterocycles. The van der Waals surface area contributed by atoms with Crippen LogP contribution in [0.25, 0.3) is 10.9 Å². The van der Waals surface area contributed by atoms with Gasteiger partial charge in [-0.15, -0.1) is 0 Å². The molecule has 2 N–H and O–H groups in total. The van der Waals surface area contributed by atoms with Gasteiger partial charge in [-0.05, 0) is 31.4 Å². The van der Waals surface area contributed by atoms with Crippen molar-refractivity contribution in [3.8, 4) is 0 Å². The highest BCUT2D eigenvalue weighted by Gasteiger charge is 2.23. The number of para-hydroxylation sites is 1. The van der Waals surface area contributed by atoms with Crippen molar-refractivity contribution in [2.45, 2.75) is 32.9 Å². The summed E-state index contributed by atoms with van der Waals surface area (Å²) in [4.78, 5) is 22.0.